The SMILES string of the molecule is CCCCCCCCC(CCCCCCCC)(CCCCCCCC)OPCC. The summed E-state index contributed by atoms with van der Waals surface area (Å²) >= 11 is 0. The van der Waals surface area contributed by atoms with Crippen LogP contribution >= 0.6 is 8.81 Å². The summed E-state index contributed by atoms with van der Waals surface area (Å²) in [5.74, 6) is 0. The molecule has 0 radical (unpaired) electrons. The highest BCUT2D eigenvalue weighted by Crippen LogP contribution is 2.38. The zero-order valence-corrected chi connectivity index (χ0v) is 22.0. The average molecular weight is 429 g/mol. The summed E-state index contributed by atoms with van der Waals surface area (Å²) in [5, 5.41) is 0. The molecule has 1 nitrogen and oxygen atoms in total. The molecule has 176 valence electrons. The lowest BCUT2D eigenvalue weighted by atomic mass is 9.85. The smallest absolute Gasteiger partial charge is 0.0721 e. The van der Waals surface area contributed by atoms with Gasteiger partial charge in [0, 0.05) is 8.81 Å². The molecule has 0 saturated carbocycles. The van der Waals surface area contributed by atoms with E-state index in [1.165, 1.54) is 141 Å². The summed E-state index contributed by atoms with van der Waals surface area (Å²) < 4.78 is 6.69. The molecule has 0 aliphatic carbocycles. The molecule has 0 aromatic carbocycles. The van der Waals surface area contributed by atoms with Gasteiger partial charge in [-0.05, 0) is 25.4 Å². The lowest BCUT2D eigenvalue weighted by Gasteiger charge is -2.34. The first-order valence-corrected chi connectivity index (χ1v) is 14.8. The van der Waals surface area contributed by atoms with Gasteiger partial charge < -0.3 is 4.52 Å². The molecular weight excluding hydrogens is 371 g/mol. The summed E-state index contributed by atoms with van der Waals surface area (Å²) in [7, 11) is 0.703. The Morgan fingerprint density at radius 1 is 0.448 bits per heavy atom. The van der Waals surface area contributed by atoms with Crippen molar-refractivity contribution in [3.05, 3.63) is 0 Å². The fraction of sp³-hybridized carbons (Fsp3) is 1.00. The van der Waals surface area contributed by atoms with Gasteiger partial charge in [-0.2, -0.15) is 0 Å². The highest BCUT2D eigenvalue weighted by molar-refractivity contribution is 7.32. The third-order valence-corrected chi connectivity index (χ3v) is 7.26. The zero-order valence-electron chi connectivity index (χ0n) is 21.0. The molecule has 1 atom stereocenters. The molecule has 29 heavy (non-hydrogen) atoms. The minimum atomic E-state index is 0.203. The highest BCUT2D eigenvalue weighted by atomic mass is 31.1. The Morgan fingerprint density at radius 2 is 0.759 bits per heavy atom. The van der Waals surface area contributed by atoms with Crippen molar-refractivity contribution in [2.24, 2.45) is 0 Å². The third-order valence-electron chi connectivity index (χ3n) is 6.39. The van der Waals surface area contributed by atoms with E-state index in [2.05, 4.69) is 27.7 Å². The summed E-state index contributed by atoms with van der Waals surface area (Å²) in [5.41, 5.74) is 0.203. The lowest BCUT2D eigenvalue weighted by molar-refractivity contribution is 0.0499. The monoisotopic (exact) mass is 428 g/mol. The van der Waals surface area contributed by atoms with Gasteiger partial charge in [0.2, 0.25) is 0 Å². The zero-order chi connectivity index (χ0) is 21.5. The molecule has 0 fully saturated rings. The molecule has 2 heteroatoms. The normalized spacial score (nSPS) is 12.4. The van der Waals surface area contributed by atoms with Crippen LogP contribution in [0.3, 0.4) is 0 Å². The second-order valence-corrected chi connectivity index (χ2v) is 10.5. The Labute approximate surface area is 187 Å². The van der Waals surface area contributed by atoms with Crippen molar-refractivity contribution in [1.29, 1.82) is 0 Å². The van der Waals surface area contributed by atoms with Gasteiger partial charge >= 0.3 is 0 Å². The minimum absolute atomic E-state index is 0.203. The van der Waals surface area contributed by atoms with Crippen LogP contribution in [0.5, 0.6) is 0 Å². The van der Waals surface area contributed by atoms with E-state index in [4.69, 9.17) is 4.52 Å². The maximum atomic E-state index is 6.69. The van der Waals surface area contributed by atoms with E-state index in [9.17, 15) is 0 Å². The van der Waals surface area contributed by atoms with Gasteiger partial charge in [-0.15, -0.1) is 0 Å². The Bertz CT molecular complexity index is 264. The molecule has 0 heterocycles. The Hall–Kier alpha value is 0.390. The molecule has 1 unspecified atom stereocenters. The standard InChI is InChI=1S/C27H57OP/c1-5-9-12-15-18-21-24-27(28-29-8-4,25-22-19-16-13-10-6-2)26-23-20-17-14-11-7-3/h29H,5-26H2,1-4H3. The van der Waals surface area contributed by atoms with Crippen molar-refractivity contribution in [2.75, 3.05) is 6.16 Å². The maximum Gasteiger partial charge on any atom is 0.0721 e. The largest absolute Gasteiger partial charge is 0.356 e. The fourth-order valence-electron chi connectivity index (χ4n) is 4.44. The Morgan fingerprint density at radius 3 is 1.07 bits per heavy atom. The van der Waals surface area contributed by atoms with E-state index in [1.807, 2.05) is 0 Å². The van der Waals surface area contributed by atoms with Crippen LogP contribution in [0.4, 0.5) is 0 Å². The van der Waals surface area contributed by atoms with Crippen LogP contribution in [-0.4, -0.2) is 11.8 Å². The first kappa shape index (κ1) is 29.4. The minimum Gasteiger partial charge on any atom is -0.356 e. The molecule has 0 spiro atoms. The van der Waals surface area contributed by atoms with E-state index >= 15 is 0 Å². The molecular formula is C27H57OP. The van der Waals surface area contributed by atoms with Crippen molar-refractivity contribution >= 4 is 8.81 Å². The lowest BCUT2D eigenvalue weighted by Crippen LogP contribution is -2.30. The van der Waals surface area contributed by atoms with Crippen molar-refractivity contribution in [1.82, 2.24) is 0 Å². The summed E-state index contributed by atoms with van der Waals surface area (Å²) in [4.78, 5) is 0. The number of hydrogen-bond acceptors (Lipinski definition) is 1. The van der Waals surface area contributed by atoms with E-state index in [1.54, 1.807) is 0 Å². The van der Waals surface area contributed by atoms with Crippen LogP contribution in [0, 0.1) is 0 Å². The predicted octanol–water partition coefficient (Wildman–Crippen LogP) is 10.6. The van der Waals surface area contributed by atoms with Crippen LogP contribution in [0.1, 0.15) is 163 Å². The van der Waals surface area contributed by atoms with Crippen LogP contribution < -0.4 is 0 Å². The van der Waals surface area contributed by atoms with Gasteiger partial charge in [-0.3, -0.25) is 0 Å². The van der Waals surface area contributed by atoms with Gasteiger partial charge in [-0.25, -0.2) is 0 Å². The van der Waals surface area contributed by atoms with E-state index in [0.29, 0.717) is 8.81 Å². The quantitative estimate of drug-likeness (QED) is 0.110. The van der Waals surface area contributed by atoms with E-state index in [-0.39, 0.29) is 5.60 Å². The topological polar surface area (TPSA) is 9.23 Å². The van der Waals surface area contributed by atoms with Crippen molar-refractivity contribution < 1.29 is 4.52 Å². The van der Waals surface area contributed by atoms with E-state index in [0.717, 1.165) is 0 Å². The van der Waals surface area contributed by atoms with Gasteiger partial charge in [-0.1, -0.05) is 143 Å². The second-order valence-electron chi connectivity index (χ2n) is 9.34. The Kier molecular flexibility index (Phi) is 23.4. The molecule has 0 amide bonds. The number of rotatable bonds is 24. The first-order valence-electron chi connectivity index (χ1n) is 13.7. The summed E-state index contributed by atoms with van der Waals surface area (Å²) in [6.45, 7) is 9.21. The third kappa shape index (κ3) is 18.8. The molecule has 0 bridgehead atoms. The van der Waals surface area contributed by atoms with Crippen LogP contribution in [0.2, 0.25) is 0 Å². The summed E-state index contributed by atoms with van der Waals surface area (Å²) in [6.07, 6.45) is 30.3. The van der Waals surface area contributed by atoms with E-state index < -0.39 is 0 Å². The van der Waals surface area contributed by atoms with Crippen LogP contribution in [-0.2, 0) is 4.52 Å². The molecule has 0 rings (SSSR count). The van der Waals surface area contributed by atoms with Crippen molar-refractivity contribution in [2.45, 2.75) is 168 Å². The van der Waals surface area contributed by atoms with Gasteiger partial charge in [0.05, 0.1) is 5.60 Å². The van der Waals surface area contributed by atoms with Gasteiger partial charge in [0.15, 0.2) is 0 Å². The molecule has 0 aromatic heterocycles. The highest BCUT2D eigenvalue weighted by Gasteiger charge is 2.29. The van der Waals surface area contributed by atoms with Crippen LogP contribution in [0.15, 0.2) is 0 Å². The fourth-order valence-corrected chi connectivity index (χ4v) is 5.19. The number of unbranched alkanes of at least 4 members (excludes halogenated alkanes) is 15. The molecule has 0 aliphatic rings. The molecule has 0 saturated heterocycles. The van der Waals surface area contributed by atoms with Crippen molar-refractivity contribution in [3.63, 3.8) is 0 Å². The van der Waals surface area contributed by atoms with Crippen LogP contribution in [0.25, 0.3) is 0 Å². The Balaban J connectivity index is 4.52. The molecule has 0 aromatic rings. The van der Waals surface area contributed by atoms with Gasteiger partial charge in [0.1, 0.15) is 0 Å². The summed E-state index contributed by atoms with van der Waals surface area (Å²) in [6, 6.07) is 0. The van der Waals surface area contributed by atoms with Gasteiger partial charge in [0.25, 0.3) is 0 Å². The first-order chi connectivity index (χ1) is 14.2. The molecule has 0 aliphatic heterocycles. The number of hydrogen-bond donors (Lipinski definition) is 0. The maximum absolute atomic E-state index is 6.69. The predicted molar refractivity (Wildman–Crippen MR) is 137 cm³/mol. The second kappa shape index (κ2) is 23.1. The van der Waals surface area contributed by atoms with Crippen molar-refractivity contribution in [3.8, 4) is 0 Å². The average Bonchev–Trinajstić information content (AvgIpc) is 2.74. The molecule has 0 N–H and O–H groups in total.